The molecule has 0 radical (unpaired) electrons. The molecular weight excluding hydrogens is 256 g/mol. The Morgan fingerprint density at radius 3 is 3.16 bits per heavy atom. The summed E-state index contributed by atoms with van der Waals surface area (Å²) in [4.78, 5) is 13.6. The van der Waals surface area contributed by atoms with Crippen molar-refractivity contribution in [3.8, 4) is 0 Å². The first kappa shape index (κ1) is 13.0. The number of carbonyl (C=O) groups excluding carboxylic acids is 1. The summed E-state index contributed by atoms with van der Waals surface area (Å²) in [6.07, 6.45) is 5.80. The lowest BCUT2D eigenvalue weighted by atomic mass is 9.93. The molecule has 2 aliphatic rings. The fourth-order valence-electron chi connectivity index (χ4n) is 3.40. The van der Waals surface area contributed by atoms with E-state index in [4.69, 9.17) is 0 Å². The third-order valence-electron chi connectivity index (χ3n) is 4.37. The van der Waals surface area contributed by atoms with E-state index in [1.807, 2.05) is 24.5 Å². The average Bonchev–Trinajstić information content (AvgIpc) is 3.01. The largest absolute Gasteiger partial charge is 0.325 e. The van der Waals surface area contributed by atoms with Gasteiger partial charge in [0, 0.05) is 10.6 Å². The molecule has 3 rings (SSSR count). The minimum Gasteiger partial charge on any atom is -0.325 e. The molecule has 0 spiro atoms. The van der Waals surface area contributed by atoms with Crippen LogP contribution in [0.25, 0.3) is 0 Å². The minimum absolute atomic E-state index is 0.00503. The smallest absolute Gasteiger partial charge is 0.241 e. The average molecular weight is 276 g/mol. The quantitative estimate of drug-likeness (QED) is 0.834. The summed E-state index contributed by atoms with van der Waals surface area (Å²) in [5, 5.41) is 6.45. The van der Waals surface area contributed by atoms with E-state index in [9.17, 15) is 4.79 Å². The standard InChI is InChI=1S/C15H20N2OS/c1-19-12-6-3-5-11(8-12)17-15(18)14-13-7-2-4-10(13)9-16-14/h3,5-6,8,10,13-14,16H,2,4,7,9H2,1H3,(H,17,18). The summed E-state index contributed by atoms with van der Waals surface area (Å²) in [5.74, 6) is 1.39. The van der Waals surface area contributed by atoms with E-state index in [0.717, 1.165) is 12.2 Å². The van der Waals surface area contributed by atoms with Gasteiger partial charge in [-0.1, -0.05) is 12.5 Å². The zero-order chi connectivity index (χ0) is 13.2. The molecule has 1 saturated heterocycles. The summed E-state index contributed by atoms with van der Waals surface area (Å²) in [7, 11) is 0. The topological polar surface area (TPSA) is 41.1 Å². The molecule has 0 bridgehead atoms. The van der Waals surface area contributed by atoms with Gasteiger partial charge in [0.05, 0.1) is 6.04 Å². The number of rotatable bonds is 3. The Morgan fingerprint density at radius 1 is 1.42 bits per heavy atom. The molecule has 2 N–H and O–H groups in total. The van der Waals surface area contributed by atoms with Crippen LogP contribution in [0.1, 0.15) is 19.3 Å². The molecule has 102 valence electrons. The minimum atomic E-state index is 0.00503. The number of benzene rings is 1. The molecule has 3 unspecified atom stereocenters. The molecule has 1 aliphatic heterocycles. The highest BCUT2D eigenvalue weighted by atomic mass is 32.2. The Morgan fingerprint density at radius 2 is 2.32 bits per heavy atom. The van der Waals surface area contributed by atoms with Crippen molar-refractivity contribution in [2.24, 2.45) is 11.8 Å². The summed E-state index contributed by atoms with van der Waals surface area (Å²) in [6.45, 7) is 1.01. The fourth-order valence-corrected chi connectivity index (χ4v) is 3.85. The van der Waals surface area contributed by atoms with E-state index in [1.165, 1.54) is 24.2 Å². The first-order valence-corrected chi connectivity index (χ1v) is 8.18. The van der Waals surface area contributed by atoms with Gasteiger partial charge in [-0.15, -0.1) is 11.8 Å². The third kappa shape index (κ3) is 2.65. The van der Waals surface area contributed by atoms with Crippen molar-refractivity contribution in [3.05, 3.63) is 24.3 Å². The normalized spacial score (nSPS) is 29.2. The lowest BCUT2D eigenvalue weighted by Gasteiger charge is -2.18. The highest BCUT2D eigenvalue weighted by molar-refractivity contribution is 7.98. The molecular formula is C15H20N2OS. The predicted octanol–water partition coefficient (Wildman–Crippen LogP) is 2.74. The SMILES string of the molecule is CSc1cccc(NC(=O)C2NCC3CCCC32)c1. The van der Waals surface area contributed by atoms with E-state index in [0.29, 0.717) is 11.8 Å². The maximum atomic E-state index is 12.4. The van der Waals surface area contributed by atoms with Crippen LogP contribution in [0.4, 0.5) is 5.69 Å². The molecule has 1 saturated carbocycles. The first-order chi connectivity index (χ1) is 9.28. The maximum Gasteiger partial charge on any atom is 0.241 e. The Hall–Kier alpha value is -1.00. The van der Waals surface area contributed by atoms with E-state index in [-0.39, 0.29) is 11.9 Å². The van der Waals surface area contributed by atoms with E-state index < -0.39 is 0 Å². The summed E-state index contributed by atoms with van der Waals surface area (Å²) in [6, 6.07) is 8.04. The summed E-state index contributed by atoms with van der Waals surface area (Å²) in [5.41, 5.74) is 0.903. The molecule has 1 amide bonds. The number of thioether (sulfide) groups is 1. The second-order valence-electron chi connectivity index (χ2n) is 5.46. The second kappa shape index (κ2) is 5.55. The molecule has 19 heavy (non-hydrogen) atoms. The molecule has 0 aromatic heterocycles. The van der Waals surface area contributed by atoms with Crippen LogP contribution in [0, 0.1) is 11.8 Å². The molecule has 1 aliphatic carbocycles. The second-order valence-corrected chi connectivity index (χ2v) is 6.34. The van der Waals surface area contributed by atoms with Crippen LogP contribution in [0.5, 0.6) is 0 Å². The predicted molar refractivity (Wildman–Crippen MR) is 79.5 cm³/mol. The summed E-state index contributed by atoms with van der Waals surface area (Å²) >= 11 is 1.69. The van der Waals surface area contributed by atoms with Crippen molar-refractivity contribution in [1.82, 2.24) is 5.32 Å². The zero-order valence-electron chi connectivity index (χ0n) is 11.2. The van der Waals surface area contributed by atoms with Crippen molar-refractivity contribution in [1.29, 1.82) is 0 Å². The van der Waals surface area contributed by atoms with E-state index in [1.54, 1.807) is 11.8 Å². The van der Waals surface area contributed by atoms with E-state index in [2.05, 4.69) is 16.7 Å². The van der Waals surface area contributed by atoms with Gasteiger partial charge < -0.3 is 10.6 Å². The molecule has 3 nitrogen and oxygen atoms in total. The van der Waals surface area contributed by atoms with Crippen LogP contribution in [-0.4, -0.2) is 24.7 Å². The van der Waals surface area contributed by atoms with Crippen molar-refractivity contribution in [2.75, 3.05) is 18.1 Å². The zero-order valence-corrected chi connectivity index (χ0v) is 12.0. The van der Waals surface area contributed by atoms with Crippen LogP contribution in [0.2, 0.25) is 0 Å². The number of nitrogens with one attached hydrogen (secondary N) is 2. The Kier molecular flexibility index (Phi) is 3.80. The lowest BCUT2D eigenvalue weighted by molar-refractivity contribution is -0.118. The molecule has 3 atom stereocenters. The number of carbonyl (C=O) groups is 1. The van der Waals surface area contributed by atoms with Gasteiger partial charge in [-0.05, 0) is 55.7 Å². The first-order valence-electron chi connectivity index (χ1n) is 6.96. The van der Waals surface area contributed by atoms with Crippen molar-refractivity contribution < 1.29 is 4.79 Å². The monoisotopic (exact) mass is 276 g/mol. The Bertz CT molecular complexity index is 477. The van der Waals surface area contributed by atoms with Gasteiger partial charge in [-0.25, -0.2) is 0 Å². The van der Waals surface area contributed by atoms with Gasteiger partial charge in [-0.3, -0.25) is 4.79 Å². The van der Waals surface area contributed by atoms with Gasteiger partial charge in [0.2, 0.25) is 5.91 Å². The molecule has 4 heteroatoms. The Labute approximate surface area is 118 Å². The highest BCUT2D eigenvalue weighted by Gasteiger charge is 2.42. The Balaban J connectivity index is 1.67. The van der Waals surface area contributed by atoms with Gasteiger partial charge in [0.15, 0.2) is 0 Å². The third-order valence-corrected chi connectivity index (χ3v) is 5.09. The van der Waals surface area contributed by atoms with Crippen LogP contribution in [0.15, 0.2) is 29.2 Å². The van der Waals surface area contributed by atoms with Crippen LogP contribution < -0.4 is 10.6 Å². The van der Waals surface area contributed by atoms with Gasteiger partial charge >= 0.3 is 0 Å². The van der Waals surface area contributed by atoms with Gasteiger partial charge in [0.25, 0.3) is 0 Å². The van der Waals surface area contributed by atoms with Crippen molar-refractivity contribution in [3.63, 3.8) is 0 Å². The van der Waals surface area contributed by atoms with Crippen molar-refractivity contribution in [2.45, 2.75) is 30.2 Å². The molecule has 1 aromatic rings. The molecule has 2 fully saturated rings. The number of hydrogen-bond acceptors (Lipinski definition) is 3. The summed E-state index contributed by atoms with van der Waals surface area (Å²) < 4.78 is 0. The number of fused-ring (bicyclic) bond motifs is 1. The highest BCUT2D eigenvalue weighted by Crippen LogP contribution is 2.38. The van der Waals surface area contributed by atoms with Crippen LogP contribution >= 0.6 is 11.8 Å². The number of amides is 1. The fraction of sp³-hybridized carbons (Fsp3) is 0.533. The maximum absolute atomic E-state index is 12.4. The lowest BCUT2D eigenvalue weighted by Crippen LogP contribution is -2.39. The number of hydrogen-bond donors (Lipinski definition) is 2. The van der Waals surface area contributed by atoms with Crippen LogP contribution in [0.3, 0.4) is 0 Å². The molecule has 1 aromatic carbocycles. The van der Waals surface area contributed by atoms with Crippen molar-refractivity contribution >= 4 is 23.4 Å². The van der Waals surface area contributed by atoms with Gasteiger partial charge in [0.1, 0.15) is 0 Å². The number of anilines is 1. The van der Waals surface area contributed by atoms with Crippen LogP contribution in [-0.2, 0) is 4.79 Å². The molecule has 1 heterocycles. The van der Waals surface area contributed by atoms with Gasteiger partial charge in [-0.2, -0.15) is 0 Å². The van der Waals surface area contributed by atoms with E-state index >= 15 is 0 Å².